The fourth-order valence-electron chi connectivity index (χ4n) is 12.8. The Morgan fingerprint density at radius 1 is 0.328 bits per heavy atom. The normalized spacial score (nSPS) is 16.1. The summed E-state index contributed by atoms with van der Waals surface area (Å²) in [6.45, 7) is 19.1. The number of carboxylic acids is 2. The number of nitrogens with two attached hydrogens (primary N) is 3. The molecule has 22 amide bonds. The van der Waals surface area contributed by atoms with Crippen molar-refractivity contribution in [2.75, 3.05) is 44.9 Å². The van der Waals surface area contributed by atoms with Crippen LogP contribution in [-0.2, 0) is 115 Å². The lowest BCUT2D eigenvalue weighted by molar-refractivity contribution is -0.142. The molecule has 0 bridgehead atoms. The van der Waals surface area contributed by atoms with Crippen LogP contribution in [0.1, 0.15) is 187 Å². The molecule has 1 heterocycles. The molecule has 0 spiro atoms. The number of aliphatic hydroxyl groups excluding tert-OH is 2. The van der Waals surface area contributed by atoms with Crippen LogP contribution in [0.15, 0.2) is 0 Å². The first kappa shape index (κ1) is 120. The highest BCUT2D eigenvalue weighted by atomic mass is 32.2. The van der Waals surface area contributed by atoms with E-state index in [9.17, 15) is 135 Å². The Morgan fingerprint density at radius 2 is 0.627 bits per heavy atom. The van der Waals surface area contributed by atoms with E-state index in [-0.39, 0.29) is 49.2 Å². The number of aliphatic carboxylic acids is 2. The number of rotatable bonds is 63. The van der Waals surface area contributed by atoms with Crippen molar-refractivity contribution < 1.29 is 135 Å². The molecule has 0 aromatic rings. The summed E-state index contributed by atoms with van der Waals surface area (Å²) in [6, 6.07) is -26.5. The smallest absolute Gasteiger partial charge is 0.325 e. The Hall–Kier alpha value is -12.5. The summed E-state index contributed by atoms with van der Waals surface area (Å²) in [5.41, 5.74) is 16.2. The average Bonchev–Trinajstić information content (AvgIpc) is 0.953. The maximum absolute atomic E-state index is 14.3. The molecule has 1 saturated heterocycles. The zero-order valence-corrected chi connectivity index (χ0v) is 79.3. The van der Waals surface area contributed by atoms with Crippen molar-refractivity contribution in [3.63, 3.8) is 0 Å². The maximum atomic E-state index is 14.3. The van der Waals surface area contributed by atoms with Crippen LogP contribution in [0.3, 0.4) is 0 Å². The number of nitrogens with one attached hydrogen (secondary N) is 20. The summed E-state index contributed by atoms with van der Waals surface area (Å²) in [6.07, 6.45) is -1.37. The third kappa shape index (κ3) is 45.8. The first-order valence-corrected chi connectivity index (χ1v) is 45.3. The standard InChI is InChI=1S/C82H139N23O28S/c1-36(2)28-51(99-79(129)55(34-106)94-61(112)33-87-65(115)41(11)90-66(116)43(13)91-67(117)44(14)92-78(128)56(35-107)103-74(124)50(25-27-134-16)98-77(127)54(31-62(113)114)102-81(131)64(40(9)10)105-70(120)46-18-17-26-86-46)69(119)88-32-60(111)89-42(12)68(118)104-63(39(7)8)80(130)101-53(30-38(5)6)76(126)97-48(20-23-58(84)109)72(122)95-49(21-24-59(85)110)73(123)100-52(29-37(3)4)75(125)96-47(19-22-57(83)108)71(121)93-45(15)82(132)133/h36-56,63-64,86,106-107H,17-35H2,1-16H3,(H2,83,108)(H2,84,109)(H2,85,110)(H,87,115)(H,88,119)(H,89,111)(H,90,116)(H,91,117)(H,92,128)(H,93,121)(H,94,112)(H,95,122)(H,96,125)(H,97,126)(H,98,127)(H,99,129)(H,100,123)(H,101,130)(H,102,131)(H,103,124)(H,104,118)(H,105,120)(H,113,114)(H,132,133)/t41-,42-,43-,44-,45-,46-,47-,48-,49-,50-,51-,52-,53-,54-,55-,56-,63-,64-/m0/s1. The highest BCUT2D eigenvalue weighted by Crippen LogP contribution is 2.16. The molecule has 756 valence electrons. The highest BCUT2D eigenvalue weighted by molar-refractivity contribution is 7.98. The summed E-state index contributed by atoms with van der Waals surface area (Å²) in [7, 11) is 0. The molecule has 0 aromatic carbocycles. The Bertz CT molecular complexity index is 4110. The molecular formula is C82H139N23O28S. The van der Waals surface area contributed by atoms with Gasteiger partial charge in [-0.1, -0.05) is 69.2 Å². The van der Waals surface area contributed by atoms with Gasteiger partial charge >= 0.3 is 11.9 Å². The quantitative estimate of drug-likeness (QED) is 0.0269. The minimum absolute atomic E-state index is 0.0816. The summed E-state index contributed by atoms with van der Waals surface area (Å²) in [4.78, 5) is 317. The summed E-state index contributed by atoms with van der Waals surface area (Å²) in [5.74, 6) is -26.5. The third-order valence-electron chi connectivity index (χ3n) is 20.3. The van der Waals surface area contributed by atoms with Gasteiger partial charge < -0.3 is 144 Å². The van der Waals surface area contributed by atoms with Crippen LogP contribution in [0.4, 0.5) is 0 Å². The van der Waals surface area contributed by atoms with Crippen LogP contribution in [0.25, 0.3) is 0 Å². The van der Waals surface area contributed by atoms with Gasteiger partial charge in [0.05, 0.1) is 38.8 Å². The van der Waals surface area contributed by atoms with Crippen LogP contribution in [0.2, 0.25) is 0 Å². The number of aliphatic hydroxyl groups is 2. The molecule has 134 heavy (non-hydrogen) atoms. The van der Waals surface area contributed by atoms with Gasteiger partial charge in [0.25, 0.3) is 0 Å². The van der Waals surface area contributed by atoms with Crippen molar-refractivity contribution in [2.45, 2.75) is 296 Å². The lowest BCUT2D eigenvalue weighted by atomic mass is 9.99. The van der Waals surface area contributed by atoms with Crippen molar-refractivity contribution in [1.29, 1.82) is 0 Å². The zero-order valence-electron chi connectivity index (χ0n) is 78.4. The molecule has 1 aliphatic rings. The van der Waals surface area contributed by atoms with E-state index in [4.69, 9.17) is 17.2 Å². The molecule has 51 nitrogen and oxygen atoms in total. The molecular weight excluding hydrogens is 1790 g/mol. The largest absolute Gasteiger partial charge is 0.481 e. The molecule has 52 heteroatoms. The van der Waals surface area contributed by atoms with E-state index in [2.05, 4.69) is 106 Å². The van der Waals surface area contributed by atoms with Gasteiger partial charge in [-0.2, -0.15) is 11.8 Å². The van der Waals surface area contributed by atoms with Crippen molar-refractivity contribution in [3.05, 3.63) is 0 Å². The van der Waals surface area contributed by atoms with E-state index in [1.807, 2.05) is 0 Å². The lowest BCUT2D eigenvalue weighted by Crippen LogP contribution is -2.61. The number of carbonyl (C=O) groups is 24. The first-order valence-electron chi connectivity index (χ1n) is 43.9. The van der Waals surface area contributed by atoms with Crippen LogP contribution >= 0.6 is 11.8 Å². The van der Waals surface area contributed by atoms with Gasteiger partial charge in [0.15, 0.2) is 0 Å². The number of carbonyl (C=O) groups excluding carboxylic acids is 22. The van der Waals surface area contributed by atoms with Gasteiger partial charge in [-0.25, -0.2) is 0 Å². The molecule has 18 atom stereocenters. The maximum Gasteiger partial charge on any atom is 0.325 e. The molecule has 0 unspecified atom stereocenters. The molecule has 1 aliphatic heterocycles. The summed E-state index contributed by atoms with van der Waals surface area (Å²) >= 11 is 1.25. The molecule has 0 aliphatic carbocycles. The SMILES string of the molecule is CSCC[C@H](NC(=O)[C@H](CC(=O)O)NC(=O)[C@@H](NC(=O)[C@@H]1CCCN1)C(C)C)C(=O)N[C@@H](CO)C(=O)N[C@@H](C)C(=O)N[C@@H](C)C(=O)N[C@@H](C)C(=O)NCC(=O)N[C@@H](CO)C(=O)N[C@@H](CC(C)C)C(=O)NCC(=O)N[C@@H](C)C(=O)N[C@H](C(=O)N[C@@H](CC(C)C)C(=O)N[C@@H](CCC(N)=O)C(=O)N[C@@H](CCC(N)=O)C(=O)N[C@@H](CC(C)C)C(=O)N[C@@H](CCC(N)=O)C(=O)N[C@@H](C)C(=O)O)C(C)C. The third-order valence-corrected chi connectivity index (χ3v) is 21.0. The molecule has 1 rings (SSSR count). The number of thioether (sulfide) groups is 1. The lowest BCUT2D eigenvalue weighted by Gasteiger charge is -2.29. The van der Waals surface area contributed by atoms with E-state index < -0.39 is 334 Å². The molecule has 1 fully saturated rings. The number of primary amides is 3. The molecule has 30 N–H and O–H groups in total. The van der Waals surface area contributed by atoms with Crippen molar-refractivity contribution in [3.8, 4) is 0 Å². The Kier molecular flexibility index (Phi) is 54.1. The molecule has 0 radical (unpaired) electrons. The first-order chi connectivity index (χ1) is 62.5. The van der Waals surface area contributed by atoms with E-state index in [1.54, 1.807) is 61.6 Å². The second-order valence-corrected chi connectivity index (χ2v) is 35.4. The van der Waals surface area contributed by atoms with Crippen molar-refractivity contribution in [1.82, 2.24) is 106 Å². The van der Waals surface area contributed by atoms with Crippen LogP contribution in [0.5, 0.6) is 0 Å². The van der Waals surface area contributed by atoms with Crippen molar-refractivity contribution in [2.24, 2.45) is 46.8 Å². The Morgan fingerprint density at radius 3 is 1.01 bits per heavy atom. The highest BCUT2D eigenvalue weighted by Gasteiger charge is 2.40. The van der Waals surface area contributed by atoms with Gasteiger partial charge in [0.1, 0.15) is 103 Å². The average molecular weight is 1930 g/mol. The van der Waals surface area contributed by atoms with Gasteiger partial charge in [-0.15, -0.1) is 0 Å². The Labute approximate surface area is 779 Å². The summed E-state index contributed by atoms with van der Waals surface area (Å²) < 4.78 is 0. The van der Waals surface area contributed by atoms with Crippen LogP contribution in [0, 0.1) is 29.6 Å². The zero-order chi connectivity index (χ0) is 102. The topological polar surface area (TPSA) is 809 Å². The number of hydrogen-bond donors (Lipinski definition) is 27. The predicted octanol–water partition coefficient (Wildman–Crippen LogP) is -10.1. The fraction of sp³-hybridized carbons (Fsp3) is 0.707. The van der Waals surface area contributed by atoms with Crippen LogP contribution < -0.4 is 124 Å². The second kappa shape index (κ2) is 60.6. The van der Waals surface area contributed by atoms with Gasteiger partial charge in [-0.05, 0) is 141 Å². The summed E-state index contributed by atoms with van der Waals surface area (Å²) in [5, 5.41) is 87.5. The van der Waals surface area contributed by atoms with Gasteiger partial charge in [0.2, 0.25) is 130 Å². The second-order valence-electron chi connectivity index (χ2n) is 34.4. The number of carboxylic acid groups (broad SMARTS) is 2. The minimum Gasteiger partial charge on any atom is -0.481 e. The van der Waals surface area contributed by atoms with Gasteiger partial charge in [-0.3, -0.25) is 115 Å². The minimum atomic E-state index is -1.76. The molecule has 0 aromatic heterocycles. The van der Waals surface area contributed by atoms with Crippen LogP contribution in [-0.4, -0.2) is 316 Å². The predicted molar refractivity (Wildman–Crippen MR) is 479 cm³/mol. The van der Waals surface area contributed by atoms with E-state index >= 15 is 0 Å². The van der Waals surface area contributed by atoms with Crippen molar-refractivity contribution >= 4 is 154 Å². The molecule has 0 saturated carbocycles. The monoisotopic (exact) mass is 1930 g/mol. The van der Waals surface area contributed by atoms with E-state index in [0.29, 0.717) is 13.0 Å². The number of amides is 22. The van der Waals surface area contributed by atoms with Gasteiger partial charge in [0, 0.05) is 19.3 Å². The Balaban J connectivity index is 3.10. The number of hydrogen-bond acceptors (Lipinski definition) is 28. The fourth-order valence-corrected chi connectivity index (χ4v) is 13.2. The van der Waals surface area contributed by atoms with E-state index in [1.165, 1.54) is 53.3 Å². The van der Waals surface area contributed by atoms with E-state index in [0.717, 1.165) is 13.3 Å².